The monoisotopic (exact) mass is 258 g/mol. The fraction of sp³-hybridized carbons (Fsp3) is 0.312. The Morgan fingerprint density at radius 3 is 2.74 bits per heavy atom. The highest BCUT2D eigenvalue weighted by Crippen LogP contribution is 2.25. The van der Waals surface area contributed by atoms with E-state index >= 15 is 0 Å². The fourth-order valence-electron chi connectivity index (χ4n) is 2.04. The summed E-state index contributed by atoms with van der Waals surface area (Å²) in [6, 6.07) is 7.30. The van der Waals surface area contributed by atoms with E-state index < -0.39 is 0 Å². The number of halogens is 1. The number of hydrogen-bond acceptors (Lipinski definition) is 2. The third-order valence-electron chi connectivity index (χ3n) is 3.12. The van der Waals surface area contributed by atoms with Crippen molar-refractivity contribution in [2.45, 2.75) is 26.8 Å². The minimum Gasteiger partial charge on any atom is -0.313 e. The average molecular weight is 258 g/mol. The van der Waals surface area contributed by atoms with Crippen molar-refractivity contribution in [3.63, 3.8) is 0 Å². The van der Waals surface area contributed by atoms with Crippen LogP contribution in [0, 0.1) is 12.7 Å². The molecule has 0 atom stereocenters. The normalized spacial score (nSPS) is 10.7. The zero-order valence-electron chi connectivity index (χ0n) is 11.4. The van der Waals surface area contributed by atoms with E-state index in [2.05, 4.69) is 17.2 Å². The van der Waals surface area contributed by atoms with E-state index in [-0.39, 0.29) is 5.82 Å². The Morgan fingerprint density at radius 1 is 1.21 bits per heavy atom. The number of rotatable bonds is 5. The first-order valence-electron chi connectivity index (χ1n) is 6.62. The molecule has 0 aliphatic heterocycles. The Labute approximate surface area is 113 Å². The van der Waals surface area contributed by atoms with Gasteiger partial charge in [-0.05, 0) is 43.1 Å². The standard InChI is InChI=1S/C16H19FN2/c1-3-7-18-10-13-4-5-14(16(17)9-13)15-11-19-8-6-12(15)2/h4-6,8-9,11,18H,3,7,10H2,1-2H3. The Kier molecular flexibility index (Phi) is 4.63. The lowest BCUT2D eigenvalue weighted by Crippen LogP contribution is -2.13. The average Bonchev–Trinajstić information content (AvgIpc) is 2.40. The summed E-state index contributed by atoms with van der Waals surface area (Å²) in [7, 11) is 0. The number of aryl methyl sites for hydroxylation is 1. The molecule has 0 amide bonds. The summed E-state index contributed by atoms with van der Waals surface area (Å²) < 4.78 is 14.2. The molecule has 1 heterocycles. The van der Waals surface area contributed by atoms with Gasteiger partial charge in [0.25, 0.3) is 0 Å². The number of nitrogens with zero attached hydrogens (tertiary/aromatic N) is 1. The lowest BCUT2D eigenvalue weighted by Gasteiger charge is -2.09. The van der Waals surface area contributed by atoms with Crippen LogP contribution in [0.3, 0.4) is 0 Å². The fourth-order valence-corrected chi connectivity index (χ4v) is 2.04. The van der Waals surface area contributed by atoms with Crippen LogP contribution in [0.4, 0.5) is 4.39 Å². The van der Waals surface area contributed by atoms with E-state index in [0.717, 1.165) is 29.7 Å². The molecule has 0 spiro atoms. The number of hydrogen-bond donors (Lipinski definition) is 1. The van der Waals surface area contributed by atoms with Gasteiger partial charge >= 0.3 is 0 Å². The van der Waals surface area contributed by atoms with E-state index in [4.69, 9.17) is 0 Å². The molecule has 0 fully saturated rings. The summed E-state index contributed by atoms with van der Waals surface area (Å²) >= 11 is 0. The molecule has 0 aliphatic carbocycles. The van der Waals surface area contributed by atoms with Gasteiger partial charge < -0.3 is 5.32 Å². The first-order valence-corrected chi connectivity index (χ1v) is 6.62. The smallest absolute Gasteiger partial charge is 0.131 e. The van der Waals surface area contributed by atoms with Crippen molar-refractivity contribution in [3.05, 3.63) is 53.6 Å². The van der Waals surface area contributed by atoms with Crippen molar-refractivity contribution in [2.24, 2.45) is 0 Å². The molecule has 0 unspecified atom stereocenters. The van der Waals surface area contributed by atoms with Gasteiger partial charge in [-0.15, -0.1) is 0 Å². The third kappa shape index (κ3) is 3.38. The van der Waals surface area contributed by atoms with Crippen LogP contribution in [-0.4, -0.2) is 11.5 Å². The Hall–Kier alpha value is -1.74. The van der Waals surface area contributed by atoms with Crippen LogP contribution in [-0.2, 0) is 6.54 Å². The van der Waals surface area contributed by atoms with Gasteiger partial charge in [0.05, 0.1) is 0 Å². The highest BCUT2D eigenvalue weighted by molar-refractivity contribution is 5.66. The van der Waals surface area contributed by atoms with Gasteiger partial charge in [0.1, 0.15) is 5.82 Å². The van der Waals surface area contributed by atoms with Gasteiger partial charge in [0, 0.05) is 30.1 Å². The molecule has 0 radical (unpaired) electrons. The summed E-state index contributed by atoms with van der Waals surface area (Å²) in [6.45, 7) is 5.73. The molecule has 0 bridgehead atoms. The molecule has 1 aromatic heterocycles. The van der Waals surface area contributed by atoms with Gasteiger partial charge in [-0.2, -0.15) is 0 Å². The molecule has 0 aliphatic rings. The predicted molar refractivity (Wildman–Crippen MR) is 76.4 cm³/mol. The summed E-state index contributed by atoms with van der Waals surface area (Å²) in [5.41, 5.74) is 3.47. The lowest BCUT2D eigenvalue weighted by molar-refractivity contribution is 0.622. The van der Waals surface area contributed by atoms with Crippen LogP contribution in [0.5, 0.6) is 0 Å². The van der Waals surface area contributed by atoms with Crippen LogP contribution in [0.25, 0.3) is 11.1 Å². The second kappa shape index (κ2) is 6.43. The van der Waals surface area contributed by atoms with E-state index in [0.29, 0.717) is 12.1 Å². The van der Waals surface area contributed by atoms with Crippen LogP contribution >= 0.6 is 0 Å². The van der Waals surface area contributed by atoms with Crippen molar-refractivity contribution >= 4 is 0 Å². The first kappa shape index (κ1) is 13.7. The van der Waals surface area contributed by atoms with Gasteiger partial charge in [-0.3, -0.25) is 4.98 Å². The molecular weight excluding hydrogens is 239 g/mol. The molecule has 100 valence electrons. The number of nitrogens with one attached hydrogen (secondary N) is 1. The Morgan fingerprint density at radius 2 is 2.05 bits per heavy atom. The van der Waals surface area contributed by atoms with Crippen molar-refractivity contribution in [1.82, 2.24) is 10.3 Å². The van der Waals surface area contributed by atoms with Gasteiger partial charge in [0.2, 0.25) is 0 Å². The second-order valence-electron chi connectivity index (χ2n) is 4.68. The lowest BCUT2D eigenvalue weighted by atomic mass is 10.0. The van der Waals surface area contributed by atoms with Crippen LogP contribution < -0.4 is 5.32 Å². The number of aromatic nitrogens is 1. The van der Waals surface area contributed by atoms with Gasteiger partial charge in [0.15, 0.2) is 0 Å². The summed E-state index contributed by atoms with van der Waals surface area (Å²) in [6.07, 6.45) is 4.51. The predicted octanol–water partition coefficient (Wildman–Crippen LogP) is 3.70. The molecule has 1 N–H and O–H groups in total. The zero-order valence-corrected chi connectivity index (χ0v) is 11.4. The molecule has 2 nitrogen and oxygen atoms in total. The largest absolute Gasteiger partial charge is 0.313 e. The summed E-state index contributed by atoms with van der Waals surface area (Å²) in [5, 5.41) is 3.27. The molecular formula is C16H19FN2. The maximum Gasteiger partial charge on any atom is 0.131 e. The molecule has 2 rings (SSSR count). The molecule has 2 aromatic rings. The molecule has 1 aromatic carbocycles. The second-order valence-corrected chi connectivity index (χ2v) is 4.68. The summed E-state index contributed by atoms with van der Waals surface area (Å²) in [4.78, 5) is 4.07. The Bertz CT molecular complexity index is 552. The quantitative estimate of drug-likeness (QED) is 0.827. The third-order valence-corrected chi connectivity index (χ3v) is 3.12. The van der Waals surface area contributed by atoms with E-state index in [9.17, 15) is 4.39 Å². The first-order chi connectivity index (χ1) is 9.22. The van der Waals surface area contributed by atoms with E-state index in [1.807, 2.05) is 25.1 Å². The SMILES string of the molecule is CCCNCc1ccc(-c2cnccc2C)c(F)c1. The maximum absolute atomic E-state index is 14.2. The highest BCUT2D eigenvalue weighted by atomic mass is 19.1. The van der Waals surface area contributed by atoms with E-state index in [1.165, 1.54) is 0 Å². The van der Waals surface area contributed by atoms with Crippen LogP contribution in [0.15, 0.2) is 36.7 Å². The van der Waals surface area contributed by atoms with Crippen LogP contribution in [0.2, 0.25) is 0 Å². The molecule has 19 heavy (non-hydrogen) atoms. The maximum atomic E-state index is 14.2. The van der Waals surface area contributed by atoms with Crippen molar-refractivity contribution in [1.29, 1.82) is 0 Å². The van der Waals surface area contributed by atoms with Crippen molar-refractivity contribution < 1.29 is 4.39 Å². The van der Waals surface area contributed by atoms with Crippen LogP contribution in [0.1, 0.15) is 24.5 Å². The number of benzene rings is 1. The highest BCUT2D eigenvalue weighted by Gasteiger charge is 2.08. The zero-order chi connectivity index (χ0) is 13.7. The topological polar surface area (TPSA) is 24.9 Å². The van der Waals surface area contributed by atoms with Gasteiger partial charge in [-0.1, -0.05) is 19.1 Å². The number of pyridine rings is 1. The van der Waals surface area contributed by atoms with Crippen molar-refractivity contribution in [2.75, 3.05) is 6.54 Å². The molecule has 0 saturated carbocycles. The molecule has 3 heteroatoms. The van der Waals surface area contributed by atoms with E-state index in [1.54, 1.807) is 18.5 Å². The van der Waals surface area contributed by atoms with Crippen molar-refractivity contribution in [3.8, 4) is 11.1 Å². The Balaban J connectivity index is 2.22. The minimum absolute atomic E-state index is 0.188. The van der Waals surface area contributed by atoms with Gasteiger partial charge in [-0.25, -0.2) is 4.39 Å². The summed E-state index contributed by atoms with van der Waals surface area (Å²) in [5.74, 6) is -0.188. The minimum atomic E-state index is -0.188. The molecule has 0 saturated heterocycles.